The van der Waals surface area contributed by atoms with Crippen molar-refractivity contribution in [2.45, 2.75) is 6.54 Å². The largest absolute Gasteiger partial charge is 0.329 e. The molecule has 2 N–H and O–H groups in total. The van der Waals surface area contributed by atoms with Gasteiger partial charge in [-0.05, 0) is 11.6 Å². The van der Waals surface area contributed by atoms with E-state index in [9.17, 15) is 0 Å². The van der Waals surface area contributed by atoms with E-state index in [0.29, 0.717) is 6.54 Å². The fraction of sp³-hybridized carbons (Fsp3) is 0.133. The summed E-state index contributed by atoms with van der Waals surface area (Å²) in [4.78, 5) is 4.40. The smallest absolute Gasteiger partial charge is 0.177 e. The second-order valence-electron chi connectivity index (χ2n) is 4.19. The highest BCUT2D eigenvalue weighted by atomic mass is 15.0. The average molecular weight is 236 g/mol. The lowest BCUT2D eigenvalue weighted by atomic mass is 10.0. The summed E-state index contributed by atoms with van der Waals surface area (Å²) in [6, 6.07) is 16.5. The molecule has 18 heavy (non-hydrogen) atoms. The van der Waals surface area contributed by atoms with Gasteiger partial charge in [0.05, 0.1) is 11.0 Å². The lowest BCUT2D eigenvalue weighted by molar-refractivity contribution is 0.722. The number of nitrogens with zero attached hydrogens (tertiary/aromatic N) is 2. The Morgan fingerprint density at radius 1 is 1.06 bits per heavy atom. The number of imidazole rings is 1. The predicted octanol–water partition coefficient (Wildman–Crippen LogP) is 2.46. The van der Waals surface area contributed by atoms with Gasteiger partial charge < -0.3 is 10.3 Å². The van der Waals surface area contributed by atoms with Gasteiger partial charge in [-0.25, -0.2) is 4.98 Å². The van der Waals surface area contributed by atoms with Crippen LogP contribution in [0.4, 0.5) is 0 Å². The molecule has 0 saturated heterocycles. The van der Waals surface area contributed by atoms with Crippen LogP contribution in [0.5, 0.6) is 0 Å². The van der Waals surface area contributed by atoms with Gasteiger partial charge in [-0.2, -0.15) is 0 Å². The normalized spacial score (nSPS) is 10.9. The Hall–Kier alpha value is -2.13. The van der Waals surface area contributed by atoms with Crippen molar-refractivity contribution in [3.8, 4) is 11.1 Å². The van der Waals surface area contributed by atoms with Gasteiger partial charge in [0.25, 0.3) is 0 Å². The molecule has 0 spiro atoms. The minimum atomic E-state index is 0.595. The van der Waals surface area contributed by atoms with Gasteiger partial charge in [-0.3, -0.25) is 0 Å². The highest BCUT2D eigenvalue weighted by Gasteiger charge is 2.08. The predicted molar refractivity (Wildman–Crippen MR) is 73.1 cm³/mol. The maximum atomic E-state index is 5.59. The molecule has 1 radical (unpaired) electrons. The van der Waals surface area contributed by atoms with Crippen LogP contribution in [0.3, 0.4) is 0 Å². The van der Waals surface area contributed by atoms with Crippen LogP contribution in [0.2, 0.25) is 0 Å². The Bertz CT molecular complexity index is 656. The van der Waals surface area contributed by atoms with Crippen molar-refractivity contribution in [3.63, 3.8) is 0 Å². The number of nitrogens with two attached hydrogens (primary N) is 1. The van der Waals surface area contributed by atoms with Crippen molar-refractivity contribution in [2.75, 3.05) is 6.54 Å². The molecule has 0 aliphatic rings. The average Bonchev–Trinajstić information content (AvgIpc) is 2.84. The molecule has 89 valence electrons. The van der Waals surface area contributed by atoms with Crippen molar-refractivity contribution in [1.82, 2.24) is 9.55 Å². The third-order valence-electron chi connectivity index (χ3n) is 3.03. The Morgan fingerprint density at radius 3 is 2.67 bits per heavy atom. The van der Waals surface area contributed by atoms with Gasteiger partial charge in [-0.1, -0.05) is 42.5 Å². The van der Waals surface area contributed by atoms with Gasteiger partial charge in [-0.15, -0.1) is 0 Å². The molecule has 0 fully saturated rings. The van der Waals surface area contributed by atoms with E-state index in [1.807, 2.05) is 28.8 Å². The van der Waals surface area contributed by atoms with Gasteiger partial charge in [0, 0.05) is 18.7 Å². The lowest BCUT2D eigenvalue weighted by Crippen LogP contribution is -2.08. The maximum absolute atomic E-state index is 5.59. The van der Waals surface area contributed by atoms with Gasteiger partial charge >= 0.3 is 0 Å². The zero-order chi connectivity index (χ0) is 12.4. The van der Waals surface area contributed by atoms with Crippen LogP contribution in [0.15, 0.2) is 48.5 Å². The Labute approximate surface area is 106 Å². The van der Waals surface area contributed by atoms with E-state index in [1.54, 1.807) is 0 Å². The number of para-hydroxylation sites is 1. The topological polar surface area (TPSA) is 43.8 Å². The van der Waals surface area contributed by atoms with Crippen molar-refractivity contribution >= 4 is 11.0 Å². The minimum Gasteiger partial charge on any atom is -0.329 e. The van der Waals surface area contributed by atoms with Gasteiger partial charge in [0.2, 0.25) is 0 Å². The molecule has 1 heterocycles. The molecule has 0 atom stereocenters. The summed E-state index contributed by atoms with van der Waals surface area (Å²) in [5.74, 6) is 0. The third-order valence-corrected chi connectivity index (χ3v) is 3.03. The SMILES string of the molecule is NCCn1[c]nc2c(-c3ccccc3)cccc21. The first kappa shape index (κ1) is 11.0. The Morgan fingerprint density at radius 2 is 1.89 bits per heavy atom. The van der Waals surface area contributed by atoms with Crippen molar-refractivity contribution in [3.05, 3.63) is 54.9 Å². The van der Waals surface area contributed by atoms with Crippen LogP contribution < -0.4 is 5.73 Å². The van der Waals surface area contributed by atoms with E-state index >= 15 is 0 Å². The molecule has 3 nitrogen and oxygen atoms in total. The first-order chi connectivity index (χ1) is 8.90. The number of fused-ring (bicyclic) bond motifs is 1. The van der Waals surface area contributed by atoms with Crippen LogP contribution in [0.1, 0.15) is 0 Å². The summed E-state index contributed by atoms with van der Waals surface area (Å²) >= 11 is 0. The molecule has 3 heteroatoms. The van der Waals surface area contributed by atoms with Crippen LogP contribution in [-0.2, 0) is 6.54 Å². The fourth-order valence-electron chi connectivity index (χ4n) is 2.18. The minimum absolute atomic E-state index is 0.595. The molecule has 0 aliphatic carbocycles. The zero-order valence-corrected chi connectivity index (χ0v) is 10.0. The molecule has 0 unspecified atom stereocenters. The second-order valence-corrected chi connectivity index (χ2v) is 4.19. The van der Waals surface area contributed by atoms with Crippen molar-refractivity contribution < 1.29 is 0 Å². The maximum Gasteiger partial charge on any atom is 0.177 e. The Kier molecular flexibility index (Phi) is 2.82. The second kappa shape index (κ2) is 4.63. The number of aromatic nitrogens is 2. The third kappa shape index (κ3) is 1.79. The lowest BCUT2D eigenvalue weighted by Gasteiger charge is -2.04. The highest BCUT2D eigenvalue weighted by Crippen LogP contribution is 2.27. The van der Waals surface area contributed by atoms with E-state index in [2.05, 4.69) is 35.6 Å². The molecular weight excluding hydrogens is 222 g/mol. The van der Waals surface area contributed by atoms with Gasteiger partial charge in [0.15, 0.2) is 6.33 Å². The van der Waals surface area contributed by atoms with Crippen LogP contribution in [0.25, 0.3) is 22.2 Å². The van der Waals surface area contributed by atoms with Gasteiger partial charge in [0.1, 0.15) is 0 Å². The number of rotatable bonds is 3. The summed E-state index contributed by atoms with van der Waals surface area (Å²) in [5, 5.41) is 0. The molecule has 0 saturated carbocycles. The van der Waals surface area contributed by atoms with Crippen LogP contribution >= 0.6 is 0 Å². The molecule has 3 rings (SSSR count). The van der Waals surface area contributed by atoms with Crippen molar-refractivity contribution in [2.24, 2.45) is 5.73 Å². The molecular formula is C15H14N3. The Balaban J connectivity index is 2.19. The van der Waals surface area contributed by atoms with Crippen LogP contribution in [-0.4, -0.2) is 16.1 Å². The van der Waals surface area contributed by atoms with E-state index in [0.717, 1.165) is 23.1 Å². The summed E-state index contributed by atoms with van der Waals surface area (Å²) in [7, 11) is 0. The van der Waals surface area contributed by atoms with E-state index in [4.69, 9.17) is 5.73 Å². The first-order valence-corrected chi connectivity index (χ1v) is 6.02. The zero-order valence-electron chi connectivity index (χ0n) is 10.0. The molecule has 3 aromatic rings. The van der Waals surface area contributed by atoms with E-state index < -0.39 is 0 Å². The van der Waals surface area contributed by atoms with E-state index in [-0.39, 0.29) is 0 Å². The van der Waals surface area contributed by atoms with E-state index in [1.165, 1.54) is 5.56 Å². The summed E-state index contributed by atoms with van der Waals surface area (Å²) in [5.41, 5.74) is 9.97. The number of hydrogen-bond donors (Lipinski definition) is 1. The molecule has 2 aromatic carbocycles. The monoisotopic (exact) mass is 236 g/mol. The number of benzene rings is 2. The van der Waals surface area contributed by atoms with Crippen molar-refractivity contribution in [1.29, 1.82) is 0 Å². The molecule has 0 amide bonds. The molecule has 1 aromatic heterocycles. The quantitative estimate of drug-likeness (QED) is 0.759. The molecule has 0 bridgehead atoms. The summed E-state index contributed by atoms with van der Waals surface area (Å²) in [6.45, 7) is 1.34. The molecule has 0 aliphatic heterocycles. The summed E-state index contributed by atoms with van der Waals surface area (Å²) in [6.07, 6.45) is 3.01. The number of hydrogen-bond acceptors (Lipinski definition) is 2. The standard InChI is InChI=1S/C15H14N3/c16-9-10-18-11-17-15-13(7-4-8-14(15)18)12-5-2-1-3-6-12/h1-8H,9-10,16H2. The summed E-state index contributed by atoms with van der Waals surface area (Å²) < 4.78 is 1.97. The highest BCUT2D eigenvalue weighted by molar-refractivity contribution is 5.91. The van der Waals surface area contributed by atoms with Crippen LogP contribution in [0, 0.1) is 6.33 Å². The fourth-order valence-corrected chi connectivity index (χ4v) is 2.18. The first-order valence-electron chi connectivity index (χ1n) is 6.02.